The summed E-state index contributed by atoms with van der Waals surface area (Å²) in [5, 5.41) is 10.4. The zero-order chi connectivity index (χ0) is 16.3. The Kier molecular flexibility index (Phi) is 4.80. The van der Waals surface area contributed by atoms with Crippen LogP contribution in [0.5, 0.6) is 5.75 Å². The van der Waals surface area contributed by atoms with Crippen LogP contribution in [-0.2, 0) is 27.1 Å². The fourth-order valence-electron chi connectivity index (χ4n) is 2.72. The lowest BCUT2D eigenvalue weighted by Gasteiger charge is -2.15. The van der Waals surface area contributed by atoms with Crippen molar-refractivity contribution in [2.75, 3.05) is 14.2 Å². The van der Waals surface area contributed by atoms with Crippen LogP contribution in [0.2, 0.25) is 0 Å². The molecule has 6 nitrogen and oxygen atoms in total. The van der Waals surface area contributed by atoms with E-state index in [-0.39, 0.29) is 23.3 Å². The SMILES string of the molecule is COC(=O)Cc1cc2c(c(O)c1C(=O)OC)C(=O)CCCC2. The third-order valence-electron chi connectivity index (χ3n) is 3.80. The normalized spacial score (nSPS) is 14.0. The first-order valence-corrected chi connectivity index (χ1v) is 7.05. The van der Waals surface area contributed by atoms with Gasteiger partial charge in [0.2, 0.25) is 0 Å². The molecule has 0 fully saturated rings. The summed E-state index contributed by atoms with van der Waals surface area (Å²) in [6, 6.07) is 1.63. The van der Waals surface area contributed by atoms with Gasteiger partial charge in [0.05, 0.1) is 26.2 Å². The summed E-state index contributed by atoms with van der Waals surface area (Å²) in [4.78, 5) is 35.7. The first-order chi connectivity index (χ1) is 10.5. The molecule has 1 N–H and O–H groups in total. The van der Waals surface area contributed by atoms with Gasteiger partial charge in [-0.3, -0.25) is 9.59 Å². The van der Waals surface area contributed by atoms with Gasteiger partial charge in [-0.25, -0.2) is 4.79 Å². The lowest BCUT2D eigenvalue weighted by Crippen LogP contribution is -2.15. The molecule has 0 spiro atoms. The number of ketones is 1. The Balaban J connectivity index is 2.65. The summed E-state index contributed by atoms with van der Waals surface area (Å²) < 4.78 is 9.28. The summed E-state index contributed by atoms with van der Waals surface area (Å²) in [7, 11) is 2.42. The van der Waals surface area contributed by atoms with Crippen LogP contribution in [0.3, 0.4) is 0 Å². The second-order valence-electron chi connectivity index (χ2n) is 5.17. The van der Waals surface area contributed by atoms with Crippen LogP contribution < -0.4 is 0 Å². The van der Waals surface area contributed by atoms with Crippen molar-refractivity contribution in [3.8, 4) is 5.75 Å². The van der Waals surface area contributed by atoms with Gasteiger partial charge < -0.3 is 14.6 Å². The van der Waals surface area contributed by atoms with Gasteiger partial charge in [-0.2, -0.15) is 0 Å². The van der Waals surface area contributed by atoms with E-state index in [1.165, 1.54) is 14.2 Å². The molecule has 0 radical (unpaired) electrons. The number of carbonyl (C=O) groups excluding carboxylic acids is 3. The van der Waals surface area contributed by atoms with Crippen LogP contribution in [0.15, 0.2) is 6.07 Å². The van der Waals surface area contributed by atoms with Crippen LogP contribution >= 0.6 is 0 Å². The van der Waals surface area contributed by atoms with Crippen molar-refractivity contribution in [3.63, 3.8) is 0 Å². The first kappa shape index (κ1) is 16.0. The third-order valence-corrected chi connectivity index (χ3v) is 3.80. The summed E-state index contributed by atoms with van der Waals surface area (Å²) in [6.45, 7) is 0. The maximum Gasteiger partial charge on any atom is 0.341 e. The van der Waals surface area contributed by atoms with Crippen molar-refractivity contribution < 1.29 is 29.0 Å². The van der Waals surface area contributed by atoms with E-state index < -0.39 is 17.7 Å². The van der Waals surface area contributed by atoms with Crippen LogP contribution in [0.25, 0.3) is 0 Å². The molecule has 1 aliphatic carbocycles. The molecule has 0 aromatic heterocycles. The van der Waals surface area contributed by atoms with Gasteiger partial charge in [0, 0.05) is 6.42 Å². The van der Waals surface area contributed by atoms with E-state index in [2.05, 4.69) is 9.47 Å². The number of esters is 2. The smallest absolute Gasteiger partial charge is 0.341 e. The number of rotatable bonds is 3. The summed E-state index contributed by atoms with van der Waals surface area (Å²) in [5.41, 5.74) is 1.00. The number of aromatic hydroxyl groups is 1. The summed E-state index contributed by atoms with van der Waals surface area (Å²) >= 11 is 0. The Morgan fingerprint density at radius 1 is 1.18 bits per heavy atom. The minimum absolute atomic E-state index is 0.137. The number of carbonyl (C=O) groups is 3. The Labute approximate surface area is 128 Å². The second kappa shape index (κ2) is 6.60. The van der Waals surface area contributed by atoms with E-state index in [0.717, 1.165) is 12.8 Å². The van der Waals surface area contributed by atoms with Gasteiger partial charge in [-0.05, 0) is 30.4 Å². The minimum atomic E-state index is -0.781. The standard InChI is InChI=1S/C16H18O6/c1-21-12(18)8-10-7-9-5-3-4-6-11(17)13(9)15(19)14(10)16(20)22-2/h7,19H,3-6,8H2,1-2H3. The topological polar surface area (TPSA) is 89.9 Å². The molecule has 0 aliphatic heterocycles. The van der Waals surface area contributed by atoms with Crippen LogP contribution in [0, 0.1) is 0 Å². The molecule has 0 saturated heterocycles. The molecular weight excluding hydrogens is 288 g/mol. The average molecular weight is 306 g/mol. The van der Waals surface area contributed by atoms with Gasteiger partial charge in [-0.15, -0.1) is 0 Å². The van der Waals surface area contributed by atoms with Crippen LogP contribution in [0.1, 0.15) is 51.1 Å². The fraction of sp³-hybridized carbons (Fsp3) is 0.438. The lowest BCUT2D eigenvalue weighted by atomic mass is 9.92. The number of hydrogen-bond acceptors (Lipinski definition) is 6. The zero-order valence-electron chi connectivity index (χ0n) is 12.6. The molecule has 1 aliphatic rings. The van der Waals surface area contributed by atoms with E-state index in [0.29, 0.717) is 24.0 Å². The predicted octanol–water partition coefficient (Wildman–Crippen LogP) is 1.80. The molecule has 2 rings (SSSR count). The van der Waals surface area contributed by atoms with Crippen molar-refractivity contribution in [1.29, 1.82) is 0 Å². The van der Waals surface area contributed by atoms with E-state index in [1.807, 2.05) is 0 Å². The highest BCUT2D eigenvalue weighted by molar-refractivity contribution is 6.05. The molecule has 1 aromatic rings. The number of aryl methyl sites for hydroxylation is 1. The minimum Gasteiger partial charge on any atom is -0.506 e. The molecule has 1 aromatic carbocycles. The number of hydrogen-bond donors (Lipinski definition) is 1. The third kappa shape index (κ3) is 2.95. The molecule has 0 atom stereocenters. The molecule has 0 saturated carbocycles. The molecular formula is C16H18O6. The van der Waals surface area contributed by atoms with Gasteiger partial charge in [0.1, 0.15) is 11.3 Å². The molecule has 0 heterocycles. The summed E-state index contributed by atoms with van der Waals surface area (Å²) in [5.74, 6) is -1.91. The summed E-state index contributed by atoms with van der Waals surface area (Å²) in [6.07, 6.45) is 2.32. The number of benzene rings is 1. The Bertz CT molecular complexity index is 632. The van der Waals surface area contributed by atoms with Crippen molar-refractivity contribution in [2.45, 2.75) is 32.1 Å². The maximum absolute atomic E-state index is 12.2. The number of phenols is 1. The van der Waals surface area contributed by atoms with Crippen LogP contribution in [-0.4, -0.2) is 37.0 Å². The molecule has 0 unspecified atom stereocenters. The zero-order valence-corrected chi connectivity index (χ0v) is 12.6. The average Bonchev–Trinajstić information content (AvgIpc) is 2.68. The number of ether oxygens (including phenoxy) is 2. The highest BCUT2D eigenvalue weighted by Crippen LogP contribution is 2.34. The number of methoxy groups -OCH3 is 2. The Morgan fingerprint density at radius 3 is 2.50 bits per heavy atom. The van der Waals surface area contributed by atoms with E-state index in [4.69, 9.17) is 0 Å². The Morgan fingerprint density at radius 2 is 1.86 bits per heavy atom. The number of fused-ring (bicyclic) bond motifs is 1. The highest BCUT2D eigenvalue weighted by Gasteiger charge is 2.28. The van der Waals surface area contributed by atoms with E-state index in [9.17, 15) is 19.5 Å². The first-order valence-electron chi connectivity index (χ1n) is 7.05. The quantitative estimate of drug-likeness (QED) is 0.676. The van der Waals surface area contributed by atoms with E-state index >= 15 is 0 Å². The molecule has 0 bridgehead atoms. The van der Waals surface area contributed by atoms with Crippen molar-refractivity contribution in [2.24, 2.45) is 0 Å². The maximum atomic E-state index is 12.2. The highest BCUT2D eigenvalue weighted by atomic mass is 16.5. The monoisotopic (exact) mass is 306 g/mol. The van der Waals surface area contributed by atoms with Gasteiger partial charge in [-0.1, -0.05) is 6.07 Å². The van der Waals surface area contributed by atoms with Crippen molar-refractivity contribution in [3.05, 3.63) is 28.3 Å². The van der Waals surface area contributed by atoms with Gasteiger partial charge >= 0.3 is 11.9 Å². The second-order valence-corrected chi connectivity index (χ2v) is 5.17. The Hall–Kier alpha value is -2.37. The van der Waals surface area contributed by atoms with E-state index in [1.54, 1.807) is 6.07 Å². The molecule has 0 amide bonds. The molecule has 118 valence electrons. The van der Waals surface area contributed by atoms with Gasteiger partial charge in [0.15, 0.2) is 5.78 Å². The predicted molar refractivity (Wildman–Crippen MR) is 77.1 cm³/mol. The molecule has 22 heavy (non-hydrogen) atoms. The van der Waals surface area contributed by atoms with Crippen molar-refractivity contribution in [1.82, 2.24) is 0 Å². The largest absolute Gasteiger partial charge is 0.506 e. The lowest BCUT2D eigenvalue weighted by molar-refractivity contribution is -0.139. The molecule has 6 heteroatoms. The number of phenolic OH excluding ortho intramolecular Hbond substituents is 1. The fourth-order valence-corrected chi connectivity index (χ4v) is 2.72. The van der Waals surface area contributed by atoms with Gasteiger partial charge in [0.25, 0.3) is 0 Å². The van der Waals surface area contributed by atoms with Crippen molar-refractivity contribution >= 4 is 17.7 Å². The number of Topliss-reactive ketones (excluding diaryl/α,β-unsaturated/α-hetero) is 1. The van der Waals surface area contributed by atoms with Crippen LogP contribution in [0.4, 0.5) is 0 Å².